The van der Waals surface area contributed by atoms with Crippen LogP contribution in [-0.4, -0.2) is 31.2 Å². The Morgan fingerprint density at radius 2 is 2.00 bits per heavy atom. The van der Waals surface area contributed by atoms with Crippen LogP contribution in [0.5, 0.6) is 0 Å². The maximum absolute atomic E-state index is 12.5. The van der Waals surface area contributed by atoms with Gasteiger partial charge < -0.3 is 10.2 Å². The molecule has 0 bridgehead atoms. The topological polar surface area (TPSA) is 52.0 Å². The highest BCUT2D eigenvalue weighted by molar-refractivity contribution is 5.55. The molecule has 96 valence electrons. The first-order valence-corrected chi connectivity index (χ1v) is 5.45. The fraction of sp³-hybridized carbons (Fsp3) is 0.455. The number of anilines is 1. The van der Waals surface area contributed by atoms with Crippen molar-refractivity contribution < 1.29 is 13.2 Å². The first-order valence-electron chi connectivity index (χ1n) is 5.45. The molecule has 2 heterocycles. The maximum Gasteiger partial charge on any atom is 0.417 e. The molecule has 0 saturated carbocycles. The SMILES string of the molecule is N#Cc1cc(C(F)(F)F)cnc1N1CCNCC1. The number of nitrogens with zero attached hydrogens (tertiary/aromatic N) is 3. The van der Waals surface area contributed by atoms with Crippen LogP contribution in [0.3, 0.4) is 0 Å². The van der Waals surface area contributed by atoms with Gasteiger partial charge in [0.05, 0.1) is 11.1 Å². The predicted molar refractivity (Wildman–Crippen MR) is 59.0 cm³/mol. The highest BCUT2D eigenvalue weighted by Crippen LogP contribution is 2.31. The fourth-order valence-electron chi connectivity index (χ4n) is 1.82. The summed E-state index contributed by atoms with van der Waals surface area (Å²) in [7, 11) is 0. The van der Waals surface area contributed by atoms with Crippen LogP contribution in [0.15, 0.2) is 12.3 Å². The molecule has 0 unspecified atom stereocenters. The zero-order valence-electron chi connectivity index (χ0n) is 9.46. The summed E-state index contributed by atoms with van der Waals surface area (Å²) >= 11 is 0. The van der Waals surface area contributed by atoms with Crippen molar-refractivity contribution in [2.45, 2.75) is 6.18 Å². The quantitative estimate of drug-likeness (QED) is 0.824. The number of aromatic nitrogens is 1. The Morgan fingerprint density at radius 3 is 2.56 bits per heavy atom. The molecule has 0 aromatic carbocycles. The molecule has 1 aliphatic rings. The molecular formula is C11H11F3N4. The molecule has 18 heavy (non-hydrogen) atoms. The van der Waals surface area contributed by atoms with Gasteiger partial charge in [-0.3, -0.25) is 0 Å². The average Bonchev–Trinajstić information content (AvgIpc) is 2.38. The molecule has 1 aromatic heterocycles. The molecule has 0 atom stereocenters. The first kappa shape index (κ1) is 12.6. The summed E-state index contributed by atoms with van der Waals surface area (Å²) in [6, 6.07) is 2.63. The Hall–Kier alpha value is -1.81. The van der Waals surface area contributed by atoms with Gasteiger partial charge in [0, 0.05) is 32.4 Å². The van der Waals surface area contributed by atoms with Crippen LogP contribution in [0.1, 0.15) is 11.1 Å². The Balaban J connectivity index is 2.34. The summed E-state index contributed by atoms with van der Waals surface area (Å²) in [5.74, 6) is 0.326. The standard InChI is InChI=1S/C11H11F3N4/c12-11(13,14)9-5-8(6-15)10(17-7-9)18-3-1-16-2-4-18/h5,7,16H,1-4H2. The zero-order chi connectivity index (χ0) is 13.2. The van der Waals surface area contributed by atoms with E-state index in [9.17, 15) is 13.2 Å². The lowest BCUT2D eigenvalue weighted by Crippen LogP contribution is -2.44. The van der Waals surface area contributed by atoms with Gasteiger partial charge in [-0.25, -0.2) is 4.98 Å². The molecule has 1 aromatic rings. The Bertz CT molecular complexity index is 472. The third-order valence-electron chi connectivity index (χ3n) is 2.73. The van der Waals surface area contributed by atoms with Crippen LogP contribution in [0.2, 0.25) is 0 Å². The molecule has 7 heteroatoms. The minimum Gasteiger partial charge on any atom is -0.353 e. The largest absolute Gasteiger partial charge is 0.417 e. The normalized spacial score (nSPS) is 16.4. The molecule has 0 aliphatic carbocycles. The lowest BCUT2D eigenvalue weighted by molar-refractivity contribution is -0.137. The number of hydrogen-bond acceptors (Lipinski definition) is 4. The second-order valence-corrected chi connectivity index (χ2v) is 3.94. The van der Waals surface area contributed by atoms with E-state index >= 15 is 0 Å². The van der Waals surface area contributed by atoms with E-state index in [1.165, 1.54) is 0 Å². The monoisotopic (exact) mass is 256 g/mol. The summed E-state index contributed by atoms with van der Waals surface area (Å²) in [4.78, 5) is 5.61. The van der Waals surface area contributed by atoms with Gasteiger partial charge in [0.1, 0.15) is 11.9 Å². The van der Waals surface area contributed by atoms with Gasteiger partial charge in [-0.1, -0.05) is 0 Å². The van der Waals surface area contributed by atoms with Crippen molar-refractivity contribution in [2.75, 3.05) is 31.1 Å². The summed E-state index contributed by atoms with van der Waals surface area (Å²) in [6.07, 6.45) is -3.70. The van der Waals surface area contributed by atoms with E-state index in [2.05, 4.69) is 10.3 Å². The molecule has 1 fully saturated rings. The van der Waals surface area contributed by atoms with E-state index in [-0.39, 0.29) is 5.56 Å². The van der Waals surface area contributed by atoms with Crippen LogP contribution in [0, 0.1) is 11.3 Å². The summed E-state index contributed by atoms with van der Waals surface area (Å²) < 4.78 is 37.5. The van der Waals surface area contributed by atoms with Gasteiger partial charge in [-0.05, 0) is 6.07 Å². The van der Waals surface area contributed by atoms with E-state index in [1.54, 1.807) is 6.07 Å². The summed E-state index contributed by atoms with van der Waals surface area (Å²) in [6.45, 7) is 2.72. The van der Waals surface area contributed by atoms with Crippen molar-refractivity contribution in [1.29, 1.82) is 5.26 Å². The zero-order valence-corrected chi connectivity index (χ0v) is 9.46. The number of pyridine rings is 1. The Kier molecular flexibility index (Phi) is 3.39. The van der Waals surface area contributed by atoms with E-state index in [4.69, 9.17) is 5.26 Å². The molecule has 1 aliphatic heterocycles. The number of rotatable bonds is 1. The second-order valence-electron chi connectivity index (χ2n) is 3.94. The predicted octanol–water partition coefficient (Wildman–Crippen LogP) is 1.38. The summed E-state index contributed by atoms with van der Waals surface area (Å²) in [5, 5.41) is 12.1. The summed E-state index contributed by atoms with van der Waals surface area (Å²) in [5.41, 5.74) is -0.926. The number of nitriles is 1. The first-order chi connectivity index (χ1) is 8.52. The Morgan fingerprint density at radius 1 is 1.33 bits per heavy atom. The molecule has 1 N–H and O–H groups in total. The number of piperazine rings is 1. The van der Waals surface area contributed by atoms with Crippen molar-refractivity contribution in [3.8, 4) is 6.07 Å². The lowest BCUT2D eigenvalue weighted by Gasteiger charge is -2.29. The Labute approximate surface area is 102 Å². The van der Waals surface area contributed by atoms with Gasteiger partial charge in [0.2, 0.25) is 0 Å². The van der Waals surface area contributed by atoms with Crippen LogP contribution in [-0.2, 0) is 6.18 Å². The van der Waals surface area contributed by atoms with E-state index in [0.717, 1.165) is 25.4 Å². The third kappa shape index (κ3) is 2.54. The molecule has 2 rings (SSSR count). The van der Waals surface area contributed by atoms with E-state index in [0.29, 0.717) is 18.9 Å². The minimum atomic E-state index is -4.47. The van der Waals surface area contributed by atoms with Crippen molar-refractivity contribution in [3.05, 3.63) is 23.4 Å². The smallest absolute Gasteiger partial charge is 0.353 e. The maximum atomic E-state index is 12.5. The van der Waals surface area contributed by atoms with Crippen LogP contribution in [0.4, 0.5) is 19.0 Å². The molecular weight excluding hydrogens is 245 g/mol. The highest BCUT2D eigenvalue weighted by atomic mass is 19.4. The van der Waals surface area contributed by atoms with Crippen molar-refractivity contribution in [1.82, 2.24) is 10.3 Å². The van der Waals surface area contributed by atoms with Crippen LogP contribution in [0.25, 0.3) is 0 Å². The van der Waals surface area contributed by atoms with E-state index in [1.807, 2.05) is 4.90 Å². The molecule has 0 radical (unpaired) electrons. The van der Waals surface area contributed by atoms with Gasteiger partial charge in [-0.2, -0.15) is 18.4 Å². The second kappa shape index (κ2) is 4.82. The third-order valence-corrected chi connectivity index (χ3v) is 2.73. The average molecular weight is 256 g/mol. The highest BCUT2D eigenvalue weighted by Gasteiger charge is 2.32. The van der Waals surface area contributed by atoms with Crippen LogP contribution < -0.4 is 10.2 Å². The van der Waals surface area contributed by atoms with Crippen LogP contribution >= 0.6 is 0 Å². The van der Waals surface area contributed by atoms with Crippen molar-refractivity contribution in [3.63, 3.8) is 0 Å². The molecule has 1 saturated heterocycles. The molecule has 0 amide bonds. The number of nitrogens with one attached hydrogen (secondary N) is 1. The van der Waals surface area contributed by atoms with Crippen molar-refractivity contribution >= 4 is 5.82 Å². The van der Waals surface area contributed by atoms with E-state index < -0.39 is 11.7 Å². The number of halogens is 3. The van der Waals surface area contributed by atoms with Gasteiger partial charge >= 0.3 is 6.18 Å². The molecule has 4 nitrogen and oxygen atoms in total. The number of hydrogen-bond donors (Lipinski definition) is 1. The fourth-order valence-corrected chi connectivity index (χ4v) is 1.82. The van der Waals surface area contributed by atoms with Crippen molar-refractivity contribution in [2.24, 2.45) is 0 Å². The van der Waals surface area contributed by atoms with Gasteiger partial charge in [0.25, 0.3) is 0 Å². The minimum absolute atomic E-state index is 0.0354. The lowest BCUT2D eigenvalue weighted by atomic mass is 10.1. The van der Waals surface area contributed by atoms with Gasteiger partial charge in [-0.15, -0.1) is 0 Å². The van der Waals surface area contributed by atoms with Gasteiger partial charge in [0.15, 0.2) is 0 Å². The number of alkyl halides is 3. The molecule has 0 spiro atoms.